The topological polar surface area (TPSA) is 57.3 Å². The number of para-hydroxylation sites is 1. The second-order valence-corrected chi connectivity index (χ2v) is 6.64. The lowest BCUT2D eigenvalue weighted by molar-refractivity contribution is -0.900. The Morgan fingerprint density at radius 2 is 2.33 bits per heavy atom. The van der Waals surface area contributed by atoms with Crippen LogP contribution in [-0.2, 0) is 4.79 Å². The number of rotatable bonds is 5. The minimum absolute atomic E-state index is 0.0594. The highest BCUT2D eigenvalue weighted by Gasteiger charge is 2.22. The van der Waals surface area contributed by atoms with Crippen molar-refractivity contribution in [2.45, 2.75) is 24.7 Å². The van der Waals surface area contributed by atoms with E-state index in [1.807, 2.05) is 24.3 Å². The molecule has 2 rings (SSSR count). The van der Waals surface area contributed by atoms with Crippen molar-refractivity contribution in [3.05, 3.63) is 24.3 Å². The first-order chi connectivity index (χ1) is 10.2. The number of quaternary nitrogens is 1. The number of amides is 1. The van der Waals surface area contributed by atoms with Crippen LogP contribution >= 0.6 is 11.8 Å². The summed E-state index contributed by atoms with van der Waals surface area (Å²) < 4.78 is 0. The fraction of sp³-hybridized carbons (Fsp3) is 0.500. The molecule has 4 nitrogen and oxygen atoms in total. The molecule has 2 atom stereocenters. The third kappa shape index (κ3) is 5.07. The quantitative estimate of drug-likeness (QED) is 0.812. The number of anilines is 1. The maximum atomic E-state index is 12.2. The zero-order valence-electron chi connectivity index (χ0n) is 12.4. The van der Waals surface area contributed by atoms with Gasteiger partial charge in [0, 0.05) is 10.8 Å². The first kappa shape index (κ1) is 15.9. The SMILES string of the molecule is C[C@@H]1CCC[NH+](CC(=O)Nc2ccccc2SCC#N)C1. The molecule has 112 valence electrons. The van der Waals surface area contributed by atoms with Gasteiger partial charge in [0.15, 0.2) is 6.54 Å². The molecule has 1 heterocycles. The number of hydrogen-bond donors (Lipinski definition) is 2. The predicted octanol–water partition coefficient (Wildman–Crippen LogP) is 1.56. The van der Waals surface area contributed by atoms with Gasteiger partial charge in [0.25, 0.3) is 5.91 Å². The molecule has 1 fully saturated rings. The third-order valence-corrected chi connectivity index (χ3v) is 4.67. The molecule has 0 spiro atoms. The number of hydrogen-bond acceptors (Lipinski definition) is 3. The van der Waals surface area contributed by atoms with Crippen LogP contribution in [0.5, 0.6) is 0 Å². The highest BCUT2D eigenvalue weighted by molar-refractivity contribution is 7.99. The van der Waals surface area contributed by atoms with E-state index in [-0.39, 0.29) is 5.91 Å². The summed E-state index contributed by atoms with van der Waals surface area (Å²) in [6, 6.07) is 9.77. The van der Waals surface area contributed by atoms with Gasteiger partial charge in [-0.05, 0) is 25.0 Å². The Morgan fingerprint density at radius 3 is 3.10 bits per heavy atom. The normalized spacial score (nSPS) is 21.5. The van der Waals surface area contributed by atoms with E-state index < -0.39 is 0 Å². The van der Waals surface area contributed by atoms with Crippen LogP contribution in [0.1, 0.15) is 19.8 Å². The van der Waals surface area contributed by atoms with E-state index in [0.29, 0.717) is 18.2 Å². The smallest absolute Gasteiger partial charge is 0.279 e. The summed E-state index contributed by atoms with van der Waals surface area (Å²) in [6.07, 6.45) is 2.48. The number of nitrogens with zero attached hydrogens (tertiary/aromatic N) is 1. The lowest BCUT2D eigenvalue weighted by Crippen LogP contribution is -3.14. The fourth-order valence-electron chi connectivity index (χ4n) is 2.79. The summed E-state index contributed by atoms with van der Waals surface area (Å²) in [4.78, 5) is 14.5. The van der Waals surface area contributed by atoms with Gasteiger partial charge in [-0.1, -0.05) is 19.1 Å². The standard InChI is InChI=1S/C16H21N3OS/c1-13-5-4-9-19(11-13)12-16(20)18-14-6-2-3-7-15(14)21-10-8-17/h2-3,6-7,13H,4-5,9-12H2,1H3,(H,18,20)/p+1/t13-/m1/s1. The predicted molar refractivity (Wildman–Crippen MR) is 85.4 cm³/mol. The summed E-state index contributed by atoms with van der Waals surface area (Å²) in [5, 5.41) is 11.7. The minimum Gasteiger partial charge on any atom is -0.327 e. The number of nitrogens with one attached hydrogen (secondary N) is 2. The van der Waals surface area contributed by atoms with Crippen LogP contribution in [0.25, 0.3) is 0 Å². The van der Waals surface area contributed by atoms with E-state index in [0.717, 1.165) is 23.7 Å². The van der Waals surface area contributed by atoms with Crippen molar-refractivity contribution in [3.63, 3.8) is 0 Å². The number of likely N-dealkylation sites (tertiary alicyclic amines) is 1. The molecule has 1 unspecified atom stereocenters. The van der Waals surface area contributed by atoms with Crippen LogP contribution in [0.4, 0.5) is 5.69 Å². The second-order valence-electron chi connectivity index (χ2n) is 5.62. The number of benzene rings is 1. The molecular formula is C16H22N3OS+. The molecule has 21 heavy (non-hydrogen) atoms. The van der Waals surface area contributed by atoms with Gasteiger partial charge in [0.05, 0.1) is 30.6 Å². The van der Waals surface area contributed by atoms with E-state index in [4.69, 9.17) is 5.26 Å². The van der Waals surface area contributed by atoms with Crippen molar-refractivity contribution >= 4 is 23.4 Å². The number of carbonyl (C=O) groups is 1. The van der Waals surface area contributed by atoms with Crippen LogP contribution in [0.15, 0.2) is 29.2 Å². The largest absolute Gasteiger partial charge is 0.327 e. The molecule has 2 N–H and O–H groups in total. The van der Waals surface area contributed by atoms with Gasteiger partial charge in [0.1, 0.15) is 0 Å². The molecule has 1 aromatic rings. The maximum absolute atomic E-state index is 12.2. The lowest BCUT2D eigenvalue weighted by atomic mass is 10.0. The van der Waals surface area contributed by atoms with Crippen LogP contribution < -0.4 is 10.2 Å². The number of carbonyl (C=O) groups excluding carboxylic acids is 1. The number of nitriles is 1. The van der Waals surface area contributed by atoms with Crippen LogP contribution in [-0.4, -0.2) is 31.3 Å². The Labute approximate surface area is 130 Å². The zero-order chi connectivity index (χ0) is 15.1. The van der Waals surface area contributed by atoms with Crippen molar-refractivity contribution < 1.29 is 9.69 Å². The fourth-order valence-corrected chi connectivity index (χ4v) is 3.45. The summed E-state index contributed by atoms with van der Waals surface area (Å²) in [5.74, 6) is 1.16. The third-order valence-electron chi connectivity index (χ3n) is 3.73. The van der Waals surface area contributed by atoms with Crippen LogP contribution in [0.3, 0.4) is 0 Å². The average molecular weight is 304 g/mol. The lowest BCUT2D eigenvalue weighted by Gasteiger charge is -2.27. The van der Waals surface area contributed by atoms with Gasteiger partial charge >= 0.3 is 0 Å². The van der Waals surface area contributed by atoms with Crippen molar-refractivity contribution in [2.75, 3.05) is 30.7 Å². The molecular weight excluding hydrogens is 282 g/mol. The van der Waals surface area contributed by atoms with E-state index in [1.165, 1.54) is 29.5 Å². The summed E-state index contributed by atoms with van der Waals surface area (Å²) in [6.45, 7) is 4.95. The van der Waals surface area contributed by atoms with Gasteiger partial charge in [-0.15, -0.1) is 11.8 Å². The number of thioether (sulfide) groups is 1. The molecule has 0 aromatic heterocycles. The minimum atomic E-state index is 0.0594. The highest BCUT2D eigenvalue weighted by Crippen LogP contribution is 2.26. The monoisotopic (exact) mass is 304 g/mol. The van der Waals surface area contributed by atoms with Crippen molar-refractivity contribution in [1.82, 2.24) is 0 Å². The van der Waals surface area contributed by atoms with Crippen molar-refractivity contribution in [1.29, 1.82) is 5.26 Å². The van der Waals surface area contributed by atoms with E-state index >= 15 is 0 Å². The summed E-state index contributed by atoms with van der Waals surface area (Å²) >= 11 is 1.45. The molecule has 1 saturated heterocycles. The van der Waals surface area contributed by atoms with Gasteiger partial charge in [-0.25, -0.2) is 0 Å². The average Bonchev–Trinajstić information content (AvgIpc) is 2.46. The van der Waals surface area contributed by atoms with Crippen LogP contribution in [0, 0.1) is 17.2 Å². The Bertz CT molecular complexity index is 526. The molecule has 0 aliphatic carbocycles. The van der Waals surface area contributed by atoms with Crippen molar-refractivity contribution in [3.8, 4) is 6.07 Å². The van der Waals surface area contributed by atoms with Gasteiger partial charge in [-0.2, -0.15) is 5.26 Å². The highest BCUT2D eigenvalue weighted by atomic mass is 32.2. The van der Waals surface area contributed by atoms with Gasteiger partial charge < -0.3 is 10.2 Å². The summed E-state index contributed by atoms with van der Waals surface area (Å²) in [5.41, 5.74) is 0.812. The molecule has 1 aliphatic heterocycles. The molecule has 0 bridgehead atoms. The van der Waals surface area contributed by atoms with Crippen molar-refractivity contribution in [2.24, 2.45) is 5.92 Å². The van der Waals surface area contributed by atoms with E-state index in [2.05, 4.69) is 18.3 Å². The maximum Gasteiger partial charge on any atom is 0.279 e. The van der Waals surface area contributed by atoms with E-state index in [1.54, 1.807) is 0 Å². The number of piperidine rings is 1. The summed E-state index contributed by atoms with van der Waals surface area (Å²) in [7, 11) is 0. The molecule has 1 amide bonds. The molecule has 5 heteroatoms. The van der Waals surface area contributed by atoms with Crippen LogP contribution in [0.2, 0.25) is 0 Å². The molecule has 0 saturated carbocycles. The Hall–Kier alpha value is -1.51. The van der Waals surface area contributed by atoms with E-state index in [9.17, 15) is 4.79 Å². The first-order valence-corrected chi connectivity index (χ1v) is 8.40. The molecule has 0 radical (unpaired) electrons. The zero-order valence-corrected chi connectivity index (χ0v) is 13.2. The van der Waals surface area contributed by atoms with Gasteiger partial charge in [0.2, 0.25) is 0 Å². The molecule has 1 aromatic carbocycles. The molecule has 1 aliphatic rings. The first-order valence-electron chi connectivity index (χ1n) is 7.41. The Balaban J connectivity index is 1.91. The Morgan fingerprint density at radius 1 is 1.52 bits per heavy atom. The second kappa shape index (κ2) is 8.06. The Kier molecular flexibility index (Phi) is 6.09. The van der Waals surface area contributed by atoms with Gasteiger partial charge in [-0.3, -0.25) is 4.79 Å².